The first-order valence-electron chi connectivity index (χ1n) is 9.78. The summed E-state index contributed by atoms with van der Waals surface area (Å²) >= 11 is 6.19. The van der Waals surface area contributed by atoms with E-state index in [0.29, 0.717) is 6.42 Å². The van der Waals surface area contributed by atoms with E-state index in [4.69, 9.17) is 16.3 Å². The van der Waals surface area contributed by atoms with Crippen LogP contribution in [0.1, 0.15) is 42.7 Å². The van der Waals surface area contributed by atoms with Crippen LogP contribution in [0.15, 0.2) is 36.4 Å². The van der Waals surface area contributed by atoms with Crippen LogP contribution in [-0.4, -0.2) is 23.9 Å². The summed E-state index contributed by atoms with van der Waals surface area (Å²) in [5.41, 5.74) is -0.574. The van der Waals surface area contributed by atoms with Gasteiger partial charge in [-0.25, -0.2) is 0 Å². The molecule has 0 amide bonds. The number of ether oxygens (including phenoxy) is 1. The van der Waals surface area contributed by atoms with Crippen LogP contribution in [0.3, 0.4) is 0 Å². The minimum absolute atomic E-state index is 0.00895. The maximum absolute atomic E-state index is 12.9. The largest absolute Gasteiger partial charge is 0.482 e. The molecular weight excluding hydrogens is 462 g/mol. The zero-order valence-electron chi connectivity index (χ0n) is 16.6. The van der Waals surface area contributed by atoms with E-state index in [1.165, 1.54) is 12.1 Å². The van der Waals surface area contributed by atoms with Crippen molar-refractivity contribution in [2.45, 2.75) is 44.0 Å². The minimum atomic E-state index is -4.67. The molecule has 0 heterocycles. The molecule has 0 saturated heterocycles. The Morgan fingerprint density at radius 2 is 1.72 bits per heavy atom. The van der Waals surface area contributed by atoms with E-state index >= 15 is 0 Å². The van der Waals surface area contributed by atoms with Gasteiger partial charge >= 0.3 is 18.3 Å². The molecule has 0 aliphatic heterocycles. The summed E-state index contributed by atoms with van der Waals surface area (Å²) in [4.78, 5) is 11.9. The van der Waals surface area contributed by atoms with Gasteiger partial charge < -0.3 is 9.84 Å². The molecule has 10 heteroatoms. The SMILES string of the molecule is O=C(O)[C@H](CC1CCC1)c1cc(Cl)c(OCC(F)(F)F)c(-c2ccc(C(F)(F)F)cc2)c1. The molecule has 3 nitrogen and oxygen atoms in total. The zero-order valence-corrected chi connectivity index (χ0v) is 17.3. The molecule has 1 aliphatic carbocycles. The summed E-state index contributed by atoms with van der Waals surface area (Å²) in [5, 5.41) is 9.46. The van der Waals surface area contributed by atoms with Gasteiger partial charge in [-0.2, -0.15) is 26.3 Å². The van der Waals surface area contributed by atoms with Crippen LogP contribution in [0.2, 0.25) is 5.02 Å². The van der Waals surface area contributed by atoms with Crippen LogP contribution in [0, 0.1) is 5.92 Å². The average Bonchev–Trinajstić information content (AvgIpc) is 2.64. The van der Waals surface area contributed by atoms with Crippen LogP contribution >= 0.6 is 11.6 Å². The molecule has 2 aromatic carbocycles. The summed E-state index contributed by atoms with van der Waals surface area (Å²) in [6.45, 7) is -1.66. The maximum Gasteiger partial charge on any atom is 0.422 e. The summed E-state index contributed by atoms with van der Waals surface area (Å²) in [5.74, 6) is -2.23. The number of alkyl halides is 6. The predicted octanol–water partition coefficient (Wildman–Crippen LogP) is 7.33. The first kappa shape index (κ1) is 24.2. The second-order valence-electron chi connectivity index (χ2n) is 7.78. The molecule has 3 rings (SSSR count). The Kier molecular flexibility index (Phi) is 6.97. The lowest BCUT2D eigenvalue weighted by Gasteiger charge is -2.28. The fraction of sp³-hybridized carbons (Fsp3) is 0.409. The smallest absolute Gasteiger partial charge is 0.422 e. The summed E-state index contributed by atoms with van der Waals surface area (Å²) < 4.78 is 81.7. The van der Waals surface area contributed by atoms with Crippen molar-refractivity contribution in [3.63, 3.8) is 0 Å². The third-order valence-electron chi connectivity index (χ3n) is 5.46. The topological polar surface area (TPSA) is 46.5 Å². The van der Waals surface area contributed by atoms with Gasteiger partial charge in [-0.05, 0) is 47.7 Å². The van der Waals surface area contributed by atoms with Crippen LogP contribution < -0.4 is 4.74 Å². The highest BCUT2D eigenvalue weighted by Crippen LogP contribution is 2.43. The minimum Gasteiger partial charge on any atom is -0.482 e. The van der Waals surface area contributed by atoms with E-state index < -0.39 is 36.4 Å². The first-order chi connectivity index (χ1) is 14.8. The summed E-state index contributed by atoms with van der Waals surface area (Å²) in [6.07, 6.45) is -6.16. The van der Waals surface area contributed by atoms with Crippen molar-refractivity contribution in [2.75, 3.05) is 6.61 Å². The van der Waals surface area contributed by atoms with E-state index in [0.717, 1.165) is 43.5 Å². The molecule has 1 atom stereocenters. The lowest BCUT2D eigenvalue weighted by Crippen LogP contribution is -2.21. The molecule has 0 bridgehead atoms. The fourth-order valence-electron chi connectivity index (χ4n) is 3.61. The predicted molar refractivity (Wildman–Crippen MR) is 106 cm³/mol. The number of hydrogen-bond donors (Lipinski definition) is 1. The van der Waals surface area contributed by atoms with Gasteiger partial charge in [0.15, 0.2) is 6.61 Å². The summed E-state index contributed by atoms with van der Waals surface area (Å²) in [6, 6.07) is 6.32. The molecule has 1 aliphatic rings. The zero-order chi connectivity index (χ0) is 23.7. The van der Waals surface area contributed by atoms with Gasteiger partial charge in [0.1, 0.15) is 5.75 Å². The molecular formula is C22H19ClF6O3. The number of carbonyl (C=O) groups is 1. The Hall–Kier alpha value is -2.42. The Morgan fingerprint density at radius 3 is 2.19 bits per heavy atom. The monoisotopic (exact) mass is 480 g/mol. The Balaban J connectivity index is 2.06. The number of aliphatic carboxylic acids is 1. The average molecular weight is 481 g/mol. The highest BCUT2D eigenvalue weighted by Gasteiger charge is 2.33. The second kappa shape index (κ2) is 9.21. The van der Waals surface area contributed by atoms with E-state index in [2.05, 4.69) is 0 Å². The molecule has 0 unspecified atom stereocenters. The molecule has 0 spiro atoms. The third-order valence-corrected chi connectivity index (χ3v) is 5.74. The number of benzene rings is 2. The Morgan fingerprint density at radius 1 is 1.09 bits per heavy atom. The van der Waals surface area contributed by atoms with Crippen molar-refractivity contribution in [1.29, 1.82) is 0 Å². The van der Waals surface area contributed by atoms with Crippen LogP contribution in [-0.2, 0) is 11.0 Å². The quantitative estimate of drug-likeness (QED) is 0.422. The molecule has 174 valence electrons. The van der Waals surface area contributed by atoms with Gasteiger partial charge in [-0.15, -0.1) is 0 Å². The van der Waals surface area contributed by atoms with Crippen LogP contribution in [0.25, 0.3) is 11.1 Å². The van der Waals surface area contributed by atoms with Crippen molar-refractivity contribution in [3.05, 3.63) is 52.5 Å². The van der Waals surface area contributed by atoms with Gasteiger partial charge in [0.2, 0.25) is 0 Å². The van der Waals surface area contributed by atoms with Crippen molar-refractivity contribution < 1.29 is 41.0 Å². The molecule has 0 aromatic heterocycles. The third kappa shape index (κ3) is 5.88. The molecule has 2 aromatic rings. The number of hydrogen-bond acceptors (Lipinski definition) is 2. The van der Waals surface area contributed by atoms with E-state index in [-0.39, 0.29) is 33.4 Å². The van der Waals surface area contributed by atoms with Gasteiger partial charge in [0.05, 0.1) is 16.5 Å². The van der Waals surface area contributed by atoms with Gasteiger partial charge in [-0.3, -0.25) is 4.79 Å². The lowest BCUT2D eigenvalue weighted by molar-refractivity contribution is -0.153. The number of carboxylic acid groups (broad SMARTS) is 1. The number of halogens is 7. The Bertz CT molecular complexity index is 965. The number of carboxylic acids is 1. The maximum atomic E-state index is 12.9. The van der Waals surface area contributed by atoms with Crippen LogP contribution in [0.5, 0.6) is 5.75 Å². The Labute approximate surface area is 184 Å². The molecule has 1 fully saturated rings. The van der Waals surface area contributed by atoms with E-state index in [9.17, 15) is 36.2 Å². The van der Waals surface area contributed by atoms with Gasteiger partial charge in [-0.1, -0.05) is 43.0 Å². The second-order valence-corrected chi connectivity index (χ2v) is 8.19. The molecule has 32 heavy (non-hydrogen) atoms. The molecule has 1 saturated carbocycles. The highest BCUT2D eigenvalue weighted by molar-refractivity contribution is 6.32. The van der Waals surface area contributed by atoms with Crippen molar-refractivity contribution >= 4 is 17.6 Å². The van der Waals surface area contributed by atoms with Crippen molar-refractivity contribution in [1.82, 2.24) is 0 Å². The normalized spacial score (nSPS) is 15.8. The fourth-order valence-corrected chi connectivity index (χ4v) is 3.89. The lowest BCUT2D eigenvalue weighted by atomic mass is 9.77. The van der Waals surface area contributed by atoms with E-state index in [1.54, 1.807) is 0 Å². The number of rotatable bonds is 7. The standard InChI is InChI=1S/C22H19ClF6O3/c23-18-10-14(17(20(30)31)8-12-2-1-3-12)9-16(19(18)32-11-21(24,25)26)13-4-6-15(7-5-13)22(27,28)29/h4-7,9-10,12,17H,1-3,8,11H2,(H,30,31)/t17-/m1/s1. The molecule has 0 radical (unpaired) electrons. The molecule has 1 N–H and O–H groups in total. The van der Waals surface area contributed by atoms with Gasteiger partial charge in [0.25, 0.3) is 0 Å². The van der Waals surface area contributed by atoms with Crippen LogP contribution in [0.4, 0.5) is 26.3 Å². The van der Waals surface area contributed by atoms with E-state index in [1.807, 2.05) is 0 Å². The van der Waals surface area contributed by atoms with Gasteiger partial charge in [0, 0.05) is 5.56 Å². The summed E-state index contributed by atoms with van der Waals surface area (Å²) in [7, 11) is 0. The van der Waals surface area contributed by atoms with Crippen molar-refractivity contribution in [2.24, 2.45) is 5.92 Å². The first-order valence-corrected chi connectivity index (χ1v) is 10.2. The van der Waals surface area contributed by atoms with Crippen molar-refractivity contribution in [3.8, 4) is 16.9 Å². The highest BCUT2D eigenvalue weighted by atomic mass is 35.5.